The van der Waals surface area contributed by atoms with Crippen LogP contribution in [-0.2, 0) is 13.1 Å². The van der Waals surface area contributed by atoms with Crippen molar-refractivity contribution in [2.45, 2.75) is 47.2 Å². The summed E-state index contributed by atoms with van der Waals surface area (Å²) in [6, 6.07) is 4.42. The fraction of sp³-hybridized carbons (Fsp3) is 0.533. The second kappa shape index (κ2) is 6.35. The number of hydrogen-bond acceptors (Lipinski definition) is 3. The third kappa shape index (κ3) is 3.91. The van der Waals surface area contributed by atoms with Gasteiger partial charge in [-0.25, -0.2) is 0 Å². The number of nitrogens with one attached hydrogen (secondary N) is 1. The Balaban J connectivity index is 1.70. The molecule has 0 radical (unpaired) electrons. The van der Waals surface area contributed by atoms with Gasteiger partial charge in [0.05, 0.1) is 5.69 Å². The molecule has 2 aromatic heterocycles. The largest absolute Gasteiger partial charge is 0.313 e. The molecule has 2 heterocycles. The summed E-state index contributed by atoms with van der Waals surface area (Å²) in [6.45, 7) is 11.5. The van der Waals surface area contributed by atoms with Crippen LogP contribution in [0.5, 0.6) is 0 Å². The molecule has 2 rings (SSSR count). The molecule has 1 N–H and O–H groups in total. The Morgan fingerprint density at radius 1 is 1.21 bits per heavy atom. The van der Waals surface area contributed by atoms with Crippen LogP contribution in [0, 0.1) is 27.7 Å². The van der Waals surface area contributed by atoms with E-state index in [9.17, 15) is 0 Å². The van der Waals surface area contributed by atoms with E-state index < -0.39 is 0 Å². The predicted molar refractivity (Wildman–Crippen MR) is 81.8 cm³/mol. The van der Waals surface area contributed by atoms with E-state index in [1.165, 1.54) is 21.0 Å². The van der Waals surface area contributed by atoms with Gasteiger partial charge in [-0.05, 0) is 58.4 Å². The summed E-state index contributed by atoms with van der Waals surface area (Å²) in [7, 11) is 0. The Morgan fingerprint density at radius 2 is 2.00 bits per heavy atom. The lowest BCUT2D eigenvalue weighted by molar-refractivity contribution is 0.532. The fourth-order valence-electron chi connectivity index (χ4n) is 2.34. The van der Waals surface area contributed by atoms with E-state index >= 15 is 0 Å². The minimum atomic E-state index is 0.979. The first-order chi connectivity index (χ1) is 9.06. The molecule has 104 valence electrons. The van der Waals surface area contributed by atoms with Crippen molar-refractivity contribution in [1.29, 1.82) is 0 Å². The van der Waals surface area contributed by atoms with Crippen LogP contribution >= 0.6 is 11.3 Å². The van der Waals surface area contributed by atoms with Crippen LogP contribution in [0.4, 0.5) is 0 Å². The van der Waals surface area contributed by atoms with Crippen molar-refractivity contribution in [3.63, 3.8) is 0 Å². The van der Waals surface area contributed by atoms with Gasteiger partial charge in [0, 0.05) is 28.5 Å². The monoisotopic (exact) mass is 277 g/mol. The molecule has 0 saturated heterocycles. The Labute approximate surface area is 119 Å². The molecule has 0 aromatic carbocycles. The van der Waals surface area contributed by atoms with Crippen LogP contribution in [0.2, 0.25) is 0 Å². The Morgan fingerprint density at radius 3 is 2.58 bits per heavy atom. The molecule has 0 bridgehead atoms. The second-order valence-electron chi connectivity index (χ2n) is 5.12. The van der Waals surface area contributed by atoms with E-state index in [0.717, 1.165) is 31.7 Å². The standard InChI is InChI=1S/C15H23N3S/c1-11-8-12(2)18(17-11)7-5-6-16-10-15-9-13(3)19-14(15)4/h8-9,16H,5-7,10H2,1-4H3. The van der Waals surface area contributed by atoms with E-state index in [1.54, 1.807) is 0 Å². The molecule has 0 aliphatic heterocycles. The SMILES string of the molecule is Cc1cc(C)n(CCCNCc2cc(C)sc2C)n1. The molecule has 0 aliphatic rings. The van der Waals surface area contributed by atoms with Crippen LogP contribution in [-0.4, -0.2) is 16.3 Å². The smallest absolute Gasteiger partial charge is 0.0596 e. The van der Waals surface area contributed by atoms with E-state index in [4.69, 9.17) is 0 Å². The summed E-state index contributed by atoms with van der Waals surface area (Å²) in [5.74, 6) is 0. The highest BCUT2D eigenvalue weighted by atomic mass is 32.1. The lowest BCUT2D eigenvalue weighted by atomic mass is 10.2. The zero-order valence-electron chi connectivity index (χ0n) is 12.3. The van der Waals surface area contributed by atoms with Crippen molar-refractivity contribution in [3.05, 3.63) is 38.8 Å². The minimum Gasteiger partial charge on any atom is -0.313 e. The number of aryl methyl sites for hydroxylation is 5. The third-order valence-corrected chi connectivity index (χ3v) is 4.29. The van der Waals surface area contributed by atoms with Gasteiger partial charge in [-0.3, -0.25) is 4.68 Å². The highest BCUT2D eigenvalue weighted by Gasteiger charge is 2.03. The highest BCUT2D eigenvalue weighted by Crippen LogP contribution is 2.20. The summed E-state index contributed by atoms with van der Waals surface area (Å²) < 4.78 is 2.09. The van der Waals surface area contributed by atoms with Gasteiger partial charge in [0.1, 0.15) is 0 Å². The third-order valence-electron chi connectivity index (χ3n) is 3.29. The summed E-state index contributed by atoms with van der Waals surface area (Å²) >= 11 is 1.88. The molecule has 19 heavy (non-hydrogen) atoms. The van der Waals surface area contributed by atoms with Gasteiger partial charge >= 0.3 is 0 Å². The molecule has 0 spiro atoms. The topological polar surface area (TPSA) is 29.9 Å². The maximum atomic E-state index is 4.47. The predicted octanol–water partition coefficient (Wildman–Crippen LogP) is 3.36. The number of rotatable bonds is 6. The van der Waals surface area contributed by atoms with E-state index in [1.807, 2.05) is 18.3 Å². The lowest BCUT2D eigenvalue weighted by Crippen LogP contribution is -2.17. The van der Waals surface area contributed by atoms with Crippen molar-refractivity contribution in [2.24, 2.45) is 0 Å². The van der Waals surface area contributed by atoms with Gasteiger partial charge in [-0.1, -0.05) is 0 Å². The quantitative estimate of drug-likeness (QED) is 0.821. The number of aromatic nitrogens is 2. The van der Waals surface area contributed by atoms with Crippen molar-refractivity contribution in [2.75, 3.05) is 6.54 Å². The van der Waals surface area contributed by atoms with Gasteiger partial charge in [-0.2, -0.15) is 5.10 Å². The number of thiophene rings is 1. The number of nitrogens with zero attached hydrogens (tertiary/aromatic N) is 2. The zero-order chi connectivity index (χ0) is 13.8. The molecule has 2 aromatic rings. The van der Waals surface area contributed by atoms with Crippen LogP contribution in [0.1, 0.15) is 33.1 Å². The molecule has 0 fully saturated rings. The van der Waals surface area contributed by atoms with Crippen molar-refractivity contribution < 1.29 is 0 Å². The maximum absolute atomic E-state index is 4.47. The van der Waals surface area contributed by atoms with Gasteiger partial charge < -0.3 is 5.32 Å². The lowest BCUT2D eigenvalue weighted by Gasteiger charge is -2.06. The van der Waals surface area contributed by atoms with E-state index in [-0.39, 0.29) is 0 Å². The van der Waals surface area contributed by atoms with Crippen LogP contribution < -0.4 is 5.32 Å². The average molecular weight is 277 g/mol. The maximum Gasteiger partial charge on any atom is 0.0596 e. The number of hydrogen-bond donors (Lipinski definition) is 1. The van der Waals surface area contributed by atoms with Crippen LogP contribution in [0.25, 0.3) is 0 Å². The first kappa shape index (κ1) is 14.3. The van der Waals surface area contributed by atoms with Crippen LogP contribution in [0.15, 0.2) is 12.1 Å². The first-order valence-electron chi connectivity index (χ1n) is 6.84. The summed E-state index contributed by atoms with van der Waals surface area (Å²) in [4.78, 5) is 2.83. The summed E-state index contributed by atoms with van der Waals surface area (Å²) in [5.41, 5.74) is 3.80. The average Bonchev–Trinajstić information content (AvgIpc) is 2.81. The normalized spacial score (nSPS) is 11.2. The molecule has 3 nitrogen and oxygen atoms in total. The minimum absolute atomic E-state index is 0.979. The Kier molecular flexibility index (Phi) is 4.77. The molecule has 0 amide bonds. The highest BCUT2D eigenvalue weighted by molar-refractivity contribution is 7.12. The molecular weight excluding hydrogens is 254 g/mol. The van der Waals surface area contributed by atoms with Gasteiger partial charge in [-0.15, -0.1) is 11.3 Å². The van der Waals surface area contributed by atoms with Gasteiger partial charge in [0.15, 0.2) is 0 Å². The molecular formula is C15H23N3S. The fourth-order valence-corrected chi connectivity index (χ4v) is 3.28. The van der Waals surface area contributed by atoms with E-state index in [0.29, 0.717) is 0 Å². The van der Waals surface area contributed by atoms with Crippen LogP contribution in [0.3, 0.4) is 0 Å². The van der Waals surface area contributed by atoms with Crippen molar-refractivity contribution >= 4 is 11.3 Å². The molecule has 0 aliphatic carbocycles. The van der Waals surface area contributed by atoms with Crippen molar-refractivity contribution in [3.8, 4) is 0 Å². The zero-order valence-corrected chi connectivity index (χ0v) is 13.1. The van der Waals surface area contributed by atoms with Gasteiger partial charge in [0.2, 0.25) is 0 Å². The summed E-state index contributed by atoms with van der Waals surface area (Å²) in [6.07, 6.45) is 1.12. The van der Waals surface area contributed by atoms with E-state index in [2.05, 4.69) is 48.0 Å². The molecule has 0 unspecified atom stereocenters. The Bertz CT molecular complexity index is 491. The van der Waals surface area contributed by atoms with Crippen molar-refractivity contribution in [1.82, 2.24) is 15.1 Å². The Hall–Kier alpha value is -1.13. The molecule has 0 saturated carbocycles. The molecule has 0 atom stereocenters. The second-order valence-corrected chi connectivity index (χ2v) is 6.58. The summed E-state index contributed by atoms with van der Waals surface area (Å²) in [5, 5.41) is 7.99. The molecule has 4 heteroatoms. The first-order valence-corrected chi connectivity index (χ1v) is 7.65. The van der Waals surface area contributed by atoms with Gasteiger partial charge in [0.25, 0.3) is 0 Å².